The lowest BCUT2D eigenvalue weighted by atomic mass is 10.5. The maximum Gasteiger partial charge on any atom is 0.342 e. The molecular weight excluding hydrogens is 239 g/mol. The Kier molecular flexibility index (Phi) is 3.21. The predicted octanol–water partition coefficient (Wildman–Crippen LogP) is 0.475. The van der Waals surface area contributed by atoms with E-state index >= 15 is 0 Å². The lowest BCUT2D eigenvalue weighted by Crippen LogP contribution is -1.97. The molecule has 0 amide bonds. The molecular formula is C4H3IO4. The van der Waals surface area contributed by atoms with Crippen molar-refractivity contribution >= 4 is 34.5 Å². The molecule has 2 N–H and O–H groups in total. The number of halogens is 1. The van der Waals surface area contributed by atoms with E-state index in [4.69, 9.17) is 10.2 Å². The lowest BCUT2D eigenvalue weighted by molar-refractivity contribution is -0.134. The molecule has 0 spiro atoms. The summed E-state index contributed by atoms with van der Waals surface area (Å²) in [5.74, 6) is -2.47. The van der Waals surface area contributed by atoms with Gasteiger partial charge in [-0.2, -0.15) is 0 Å². The van der Waals surface area contributed by atoms with E-state index in [-0.39, 0.29) is 3.58 Å². The molecule has 0 bridgehead atoms. The molecule has 0 radical (unpaired) electrons. The molecule has 0 aromatic rings. The third-order valence-corrected chi connectivity index (χ3v) is 1.23. The molecule has 0 saturated heterocycles. The van der Waals surface area contributed by atoms with Gasteiger partial charge in [-0.15, -0.1) is 0 Å². The summed E-state index contributed by atoms with van der Waals surface area (Å²) in [5.41, 5.74) is 0. The monoisotopic (exact) mass is 242 g/mol. The molecule has 0 aliphatic carbocycles. The van der Waals surface area contributed by atoms with Crippen LogP contribution in [0.3, 0.4) is 0 Å². The second kappa shape index (κ2) is 3.44. The SMILES string of the molecule is O=C(O)C=C(I)C(=O)O. The van der Waals surface area contributed by atoms with Crippen molar-refractivity contribution < 1.29 is 19.8 Å². The molecule has 0 aliphatic heterocycles. The minimum Gasteiger partial charge on any atom is -0.478 e. The molecule has 0 aromatic carbocycles. The Morgan fingerprint density at radius 3 is 1.89 bits per heavy atom. The summed E-state index contributed by atoms with van der Waals surface area (Å²) >= 11 is 1.43. The van der Waals surface area contributed by atoms with E-state index in [1.54, 1.807) is 0 Å². The van der Waals surface area contributed by atoms with Gasteiger partial charge in [-0.25, -0.2) is 9.59 Å². The van der Waals surface area contributed by atoms with Gasteiger partial charge in [-0.1, -0.05) is 0 Å². The summed E-state index contributed by atoms with van der Waals surface area (Å²) < 4.78 is -0.208. The topological polar surface area (TPSA) is 74.6 Å². The van der Waals surface area contributed by atoms with E-state index in [2.05, 4.69) is 0 Å². The number of aliphatic carboxylic acids is 2. The van der Waals surface area contributed by atoms with Crippen molar-refractivity contribution in [3.05, 3.63) is 9.66 Å². The normalized spacial score (nSPS) is 11.0. The summed E-state index contributed by atoms with van der Waals surface area (Å²) in [6, 6.07) is 0. The highest BCUT2D eigenvalue weighted by molar-refractivity contribution is 14.1. The Morgan fingerprint density at radius 1 is 1.33 bits per heavy atom. The van der Waals surface area contributed by atoms with E-state index in [1.165, 1.54) is 22.6 Å². The van der Waals surface area contributed by atoms with Crippen LogP contribution >= 0.6 is 22.6 Å². The lowest BCUT2D eigenvalue weighted by Gasteiger charge is -1.84. The smallest absolute Gasteiger partial charge is 0.342 e. The zero-order valence-electron chi connectivity index (χ0n) is 4.17. The number of rotatable bonds is 2. The van der Waals surface area contributed by atoms with Crippen molar-refractivity contribution in [2.45, 2.75) is 0 Å². The third kappa shape index (κ3) is 3.95. The largest absolute Gasteiger partial charge is 0.478 e. The van der Waals surface area contributed by atoms with E-state index in [9.17, 15) is 9.59 Å². The maximum atomic E-state index is 9.90. The van der Waals surface area contributed by atoms with Crippen LogP contribution in [0.2, 0.25) is 0 Å². The standard InChI is InChI=1S/C4H3IO4/c5-2(4(8)9)1-3(6)7/h1H,(H,6,7)(H,8,9). The Labute approximate surface area is 64.3 Å². The van der Waals surface area contributed by atoms with Crippen LogP contribution in [-0.4, -0.2) is 22.2 Å². The summed E-state index contributed by atoms with van der Waals surface area (Å²) in [4.78, 5) is 19.7. The fourth-order valence-electron chi connectivity index (χ4n) is 0.170. The van der Waals surface area contributed by atoms with Crippen molar-refractivity contribution in [2.75, 3.05) is 0 Å². The predicted molar refractivity (Wildman–Crippen MR) is 37.4 cm³/mol. The van der Waals surface area contributed by atoms with Crippen molar-refractivity contribution in [2.24, 2.45) is 0 Å². The molecule has 0 aliphatic rings. The van der Waals surface area contributed by atoms with E-state index in [0.29, 0.717) is 6.08 Å². The molecule has 5 heteroatoms. The first kappa shape index (κ1) is 8.41. The van der Waals surface area contributed by atoms with Crippen LogP contribution < -0.4 is 0 Å². The van der Waals surface area contributed by atoms with Gasteiger partial charge in [0.05, 0.1) is 0 Å². The molecule has 0 unspecified atom stereocenters. The first-order valence-corrected chi connectivity index (χ1v) is 2.95. The molecule has 9 heavy (non-hydrogen) atoms. The van der Waals surface area contributed by atoms with Gasteiger partial charge in [0, 0.05) is 6.08 Å². The highest BCUT2D eigenvalue weighted by Gasteiger charge is 2.02. The van der Waals surface area contributed by atoms with Gasteiger partial charge in [0.15, 0.2) is 0 Å². The average molecular weight is 242 g/mol. The molecule has 4 nitrogen and oxygen atoms in total. The Balaban J connectivity index is 4.17. The van der Waals surface area contributed by atoms with Crippen LogP contribution in [0, 0.1) is 0 Å². The fraction of sp³-hybridized carbons (Fsp3) is 0. The molecule has 0 saturated carbocycles. The second-order valence-corrected chi connectivity index (χ2v) is 2.30. The number of carboxylic acid groups (broad SMARTS) is 2. The van der Waals surface area contributed by atoms with E-state index in [1.807, 2.05) is 0 Å². The average Bonchev–Trinajstić information content (AvgIpc) is 1.63. The Bertz CT molecular complexity index is 171. The number of hydrogen-bond acceptors (Lipinski definition) is 2. The highest BCUT2D eigenvalue weighted by atomic mass is 127. The molecule has 0 rings (SSSR count). The summed E-state index contributed by atoms with van der Waals surface area (Å²) in [5, 5.41) is 16.1. The molecule has 0 fully saturated rings. The van der Waals surface area contributed by atoms with Gasteiger partial charge in [-0.05, 0) is 22.6 Å². The number of carboxylic acids is 2. The molecule has 0 aromatic heterocycles. The highest BCUT2D eigenvalue weighted by Crippen LogP contribution is 2.03. The minimum atomic E-state index is -1.25. The van der Waals surface area contributed by atoms with Crippen molar-refractivity contribution in [3.8, 4) is 0 Å². The van der Waals surface area contributed by atoms with Crippen LogP contribution in [0.15, 0.2) is 9.66 Å². The number of carbonyl (C=O) groups is 2. The molecule has 0 heterocycles. The van der Waals surface area contributed by atoms with Crippen molar-refractivity contribution in [1.82, 2.24) is 0 Å². The van der Waals surface area contributed by atoms with Crippen LogP contribution in [-0.2, 0) is 9.59 Å². The van der Waals surface area contributed by atoms with Gasteiger partial charge in [0.25, 0.3) is 0 Å². The van der Waals surface area contributed by atoms with Gasteiger partial charge in [-0.3, -0.25) is 0 Å². The zero-order chi connectivity index (χ0) is 7.44. The zero-order valence-corrected chi connectivity index (χ0v) is 6.32. The fourth-order valence-corrected chi connectivity index (χ4v) is 0.437. The minimum absolute atomic E-state index is 0.208. The van der Waals surface area contributed by atoms with Gasteiger partial charge >= 0.3 is 11.9 Å². The van der Waals surface area contributed by atoms with Gasteiger partial charge in [0.2, 0.25) is 0 Å². The third-order valence-electron chi connectivity index (χ3n) is 0.455. The van der Waals surface area contributed by atoms with Crippen LogP contribution in [0.4, 0.5) is 0 Å². The summed E-state index contributed by atoms with van der Waals surface area (Å²) in [7, 11) is 0. The first-order chi connectivity index (χ1) is 4.04. The van der Waals surface area contributed by atoms with Crippen LogP contribution in [0.25, 0.3) is 0 Å². The van der Waals surface area contributed by atoms with Gasteiger partial charge in [0.1, 0.15) is 3.58 Å². The van der Waals surface area contributed by atoms with Crippen LogP contribution in [0.1, 0.15) is 0 Å². The van der Waals surface area contributed by atoms with Crippen molar-refractivity contribution in [1.29, 1.82) is 0 Å². The van der Waals surface area contributed by atoms with E-state index < -0.39 is 11.9 Å². The maximum absolute atomic E-state index is 9.90. The first-order valence-electron chi connectivity index (χ1n) is 1.87. The van der Waals surface area contributed by atoms with Gasteiger partial charge < -0.3 is 10.2 Å². The van der Waals surface area contributed by atoms with Crippen LogP contribution in [0.5, 0.6) is 0 Å². The Morgan fingerprint density at radius 2 is 1.78 bits per heavy atom. The quantitative estimate of drug-likeness (QED) is 0.545. The summed E-state index contributed by atoms with van der Waals surface area (Å²) in [6.45, 7) is 0. The summed E-state index contributed by atoms with van der Waals surface area (Å²) in [6.07, 6.45) is 0.628. The Hall–Kier alpha value is -0.590. The van der Waals surface area contributed by atoms with Crippen molar-refractivity contribution in [3.63, 3.8) is 0 Å². The van der Waals surface area contributed by atoms with E-state index in [0.717, 1.165) is 0 Å². The second-order valence-electron chi connectivity index (χ2n) is 1.14. The molecule has 50 valence electrons. The molecule has 0 atom stereocenters. The number of hydrogen-bond donors (Lipinski definition) is 2.